The predicted octanol–water partition coefficient (Wildman–Crippen LogP) is 0.501. The molecular formula is C17H27N5O3S. The highest BCUT2D eigenvalue weighted by Crippen LogP contribution is 2.24. The van der Waals surface area contributed by atoms with Crippen molar-refractivity contribution in [1.82, 2.24) is 24.1 Å². The Balaban J connectivity index is 1.82. The predicted molar refractivity (Wildman–Crippen MR) is 102 cm³/mol. The Hall–Kier alpha value is -1.68. The van der Waals surface area contributed by atoms with Gasteiger partial charge in [-0.15, -0.1) is 0 Å². The van der Waals surface area contributed by atoms with Gasteiger partial charge in [-0.25, -0.2) is 13.2 Å². The molecule has 0 saturated carbocycles. The molecule has 1 aliphatic rings. The Morgan fingerprint density at radius 2 is 1.73 bits per heavy atom. The first kappa shape index (κ1) is 19.1. The summed E-state index contributed by atoms with van der Waals surface area (Å²) in [6, 6.07) is 4.99. The number of nitrogens with zero attached hydrogens (tertiary/aromatic N) is 3. The third kappa shape index (κ3) is 3.71. The zero-order valence-corrected chi connectivity index (χ0v) is 16.5. The van der Waals surface area contributed by atoms with Crippen molar-refractivity contribution in [1.29, 1.82) is 0 Å². The molecule has 0 radical (unpaired) electrons. The molecule has 144 valence electrons. The van der Waals surface area contributed by atoms with E-state index in [9.17, 15) is 13.2 Å². The van der Waals surface area contributed by atoms with Crippen LogP contribution >= 0.6 is 0 Å². The number of hydrogen-bond acceptors (Lipinski definition) is 5. The quantitative estimate of drug-likeness (QED) is 0.787. The maximum absolute atomic E-state index is 13.1. The highest BCUT2D eigenvalue weighted by atomic mass is 32.2. The first-order valence-corrected chi connectivity index (χ1v) is 10.2. The number of sulfonamides is 1. The summed E-state index contributed by atoms with van der Waals surface area (Å²) in [5.74, 6) is 0. The average Bonchev–Trinajstić information content (AvgIpc) is 2.92. The third-order valence-electron chi connectivity index (χ3n) is 5.00. The van der Waals surface area contributed by atoms with Gasteiger partial charge in [0.15, 0.2) is 0 Å². The maximum atomic E-state index is 13.1. The Morgan fingerprint density at radius 3 is 2.35 bits per heavy atom. The van der Waals surface area contributed by atoms with E-state index in [-0.39, 0.29) is 22.7 Å². The fourth-order valence-electron chi connectivity index (χ4n) is 3.58. The number of hydrogen-bond donors (Lipinski definition) is 2. The Morgan fingerprint density at radius 1 is 1.12 bits per heavy atom. The topological polar surface area (TPSA) is 92.5 Å². The lowest BCUT2D eigenvalue weighted by Gasteiger charge is -2.44. The number of aromatic amines is 2. The minimum absolute atomic E-state index is 0.143. The summed E-state index contributed by atoms with van der Waals surface area (Å²) in [5.41, 5.74) is 0.761. The number of fused-ring (bicyclic) bond motifs is 1. The van der Waals surface area contributed by atoms with Gasteiger partial charge in [-0.05, 0) is 46.1 Å². The van der Waals surface area contributed by atoms with Crippen LogP contribution < -0.4 is 5.69 Å². The van der Waals surface area contributed by atoms with Crippen LogP contribution in [0.3, 0.4) is 0 Å². The monoisotopic (exact) mass is 381 g/mol. The standard InChI is InChI=1S/C17H27N5O3S/c1-12-10-21(11-13(2)22(12)8-7-20(3)4)26(24,25)14-5-6-15-16(9-14)19-17(23)18-15/h5-6,9,12-13H,7-8,10-11H2,1-4H3,(H2,18,19,23). The van der Waals surface area contributed by atoms with Crippen molar-refractivity contribution < 1.29 is 8.42 Å². The molecule has 26 heavy (non-hydrogen) atoms. The Labute approximate surface area is 153 Å². The maximum Gasteiger partial charge on any atom is 0.323 e. The van der Waals surface area contributed by atoms with E-state index in [0.717, 1.165) is 13.1 Å². The van der Waals surface area contributed by atoms with Crippen LogP contribution in [0, 0.1) is 0 Å². The van der Waals surface area contributed by atoms with Crippen LogP contribution in [0.15, 0.2) is 27.9 Å². The molecule has 1 aliphatic heterocycles. The van der Waals surface area contributed by atoms with E-state index in [2.05, 4.69) is 33.6 Å². The molecule has 0 bridgehead atoms. The molecule has 8 nitrogen and oxygen atoms in total. The van der Waals surface area contributed by atoms with Gasteiger partial charge in [0.2, 0.25) is 10.0 Å². The van der Waals surface area contributed by atoms with Crippen molar-refractivity contribution in [2.75, 3.05) is 40.3 Å². The van der Waals surface area contributed by atoms with Gasteiger partial charge in [-0.1, -0.05) is 0 Å². The number of aromatic nitrogens is 2. The first-order valence-electron chi connectivity index (χ1n) is 8.81. The van der Waals surface area contributed by atoms with Crippen LogP contribution in [-0.4, -0.2) is 84.8 Å². The van der Waals surface area contributed by atoms with E-state index >= 15 is 0 Å². The minimum Gasteiger partial charge on any atom is -0.308 e. The molecule has 2 unspecified atom stereocenters. The fraction of sp³-hybridized carbons (Fsp3) is 0.588. The second-order valence-electron chi connectivity index (χ2n) is 7.35. The fourth-order valence-corrected chi connectivity index (χ4v) is 5.21. The van der Waals surface area contributed by atoms with E-state index in [1.54, 1.807) is 16.4 Å². The number of rotatable bonds is 5. The van der Waals surface area contributed by atoms with Crippen LogP contribution in [0.5, 0.6) is 0 Å². The summed E-state index contributed by atoms with van der Waals surface area (Å²) < 4.78 is 27.8. The Bertz CT molecular complexity index is 921. The molecule has 2 N–H and O–H groups in total. The second-order valence-corrected chi connectivity index (χ2v) is 9.29. The highest BCUT2D eigenvalue weighted by Gasteiger charge is 2.36. The van der Waals surface area contributed by atoms with Crippen LogP contribution in [-0.2, 0) is 10.0 Å². The summed E-state index contributed by atoms with van der Waals surface area (Å²) in [7, 11) is 0.474. The molecule has 2 atom stereocenters. The van der Waals surface area contributed by atoms with E-state index < -0.39 is 10.0 Å². The molecule has 9 heteroatoms. The van der Waals surface area contributed by atoms with Crippen LogP contribution in [0.4, 0.5) is 0 Å². The van der Waals surface area contributed by atoms with Gasteiger partial charge in [0, 0.05) is 38.3 Å². The molecule has 1 aromatic carbocycles. The van der Waals surface area contributed by atoms with Crippen molar-refractivity contribution in [2.45, 2.75) is 30.8 Å². The van der Waals surface area contributed by atoms with Crippen molar-refractivity contribution in [2.24, 2.45) is 0 Å². The molecule has 2 aromatic rings. The number of imidazole rings is 1. The molecule has 3 rings (SSSR count). The minimum atomic E-state index is -3.60. The van der Waals surface area contributed by atoms with Gasteiger partial charge >= 0.3 is 5.69 Å². The number of likely N-dealkylation sites (N-methyl/N-ethyl adjacent to an activating group) is 1. The number of H-pyrrole nitrogens is 2. The molecular weight excluding hydrogens is 354 g/mol. The van der Waals surface area contributed by atoms with E-state index in [1.165, 1.54) is 6.07 Å². The van der Waals surface area contributed by atoms with Gasteiger partial charge < -0.3 is 14.9 Å². The molecule has 1 fully saturated rings. The largest absolute Gasteiger partial charge is 0.323 e. The van der Waals surface area contributed by atoms with Crippen LogP contribution in [0.25, 0.3) is 11.0 Å². The van der Waals surface area contributed by atoms with E-state index in [0.29, 0.717) is 24.1 Å². The van der Waals surface area contributed by atoms with Gasteiger partial charge in [0.1, 0.15) is 0 Å². The van der Waals surface area contributed by atoms with Gasteiger partial charge in [0.05, 0.1) is 15.9 Å². The average molecular weight is 382 g/mol. The van der Waals surface area contributed by atoms with Crippen molar-refractivity contribution in [3.8, 4) is 0 Å². The second kappa shape index (κ2) is 7.15. The smallest absolute Gasteiger partial charge is 0.308 e. The van der Waals surface area contributed by atoms with Crippen molar-refractivity contribution in [3.63, 3.8) is 0 Å². The number of piperazine rings is 1. The lowest BCUT2D eigenvalue weighted by atomic mass is 10.1. The summed E-state index contributed by atoms with van der Waals surface area (Å²) in [5, 5.41) is 0. The SMILES string of the molecule is CC1CN(S(=O)(=O)c2ccc3[nH]c(=O)[nH]c3c2)CC(C)N1CCN(C)C. The van der Waals surface area contributed by atoms with E-state index in [4.69, 9.17) is 0 Å². The molecule has 0 spiro atoms. The van der Waals surface area contributed by atoms with Gasteiger partial charge in [-0.2, -0.15) is 4.31 Å². The third-order valence-corrected chi connectivity index (χ3v) is 6.83. The van der Waals surface area contributed by atoms with Crippen LogP contribution in [0.1, 0.15) is 13.8 Å². The van der Waals surface area contributed by atoms with Crippen molar-refractivity contribution >= 4 is 21.1 Å². The lowest BCUT2D eigenvalue weighted by molar-refractivity contribution is 0.0708. The number of benzene rings is 1. The van der Waals surface area contributed by atoms with Crippen LogP contribution in [0.2, 0.25) is 0 Å². The molecule has 0 aliphatic carbocycles. The molecule has 2 heterocycles. The summed E-state index contributed by atoms with van der Waals surface area (Å²) in [6.07, 6.45) is 0. The van der Waals surface area contributed by atoms with Gasteiger partial charge in [-0.3, -0.25) is 4.90 Å². The first-order chi connectivity index (χ1) is 12.2. The molecule has 1 saturated heterocycles. The van der Waals surface area contributed by atoms with E-state index in [1.807, 2.05) is 14.1 Å². The summed E-state index contributed by atoms with van der Waals surface area (Å²) in [4.78, 5) is 21.4. The molecule has 0 amide bonds. The summed E-state index contributed by atoms with van der Waals surface area (Å²) in [6.45, 7) is 6.92. The highest BCUT2D eigenvalue weighted by molar-refractivity contribution is 7.89. The zero-order chi connectivity index (χ0) is 19.1. The van der Waals surface area contributed by atoms with Gasteiger partial charge in [0.25, 0.3) is 0 Å². The lowest BCUT2D eigenvalue weighted by Crippen LogP contribution is -2.58. The summed E-state index contributed by atoms with van der Waals surface area (Å²) >= 11 is 0. The normalized spacial score (nSPS) is 23.1. The Kier molecular flexibility index (Phi) is 5.25. The van der Waals surface area contributed by atoms with Crippen molar-refractivity contribution in [3.05, 3.63) is 28.7 Å². The number of nitrogens with one attached hydrogen (secondary N) is 2. The zero-order valence-electron chi connectivity index (χ0n) is 15.7. The molecule has 1 aromatic heterocycles.